The van der Waals surface area contributed by atoms with E-state index in [1.807, 2.05) is 26.0 Å². The lowest BCUT2D eigenvalue weighted by atomic mass is 10.2. The SMILES string of the molecule is Cc1ccc(C(C)Nc2cc(Cl)c(Cl)cc2N)o1. The largest absolute Gasteiger partial charge is 0.464 e. The number of furan rings is 1. The van der Waals surface area contributed by atoms with Crippen LogP contribution in [0, 0.1) is 6.92 Å². The molecule has 0 bridgehead atoms. The van der Waals surface area contributed by atoms with Crippen molar-refractivity contribution >= 4 is 34.6 Å². The Morgan fingerprint density at radius 3 is 2.50 bits per heavy atom. The Bertz CT molecular complexity index is 566. The van der Waals surface area contributed by atoms with Crippen molar-refractivity contribution in [1.82, 2.24) is 0 Å². The van der Waals surface area contributed by atoms with E-state index in [1.54, 1.807) is 12.1 Å². The van der Waals surface area contributed by atoms with Crippen molar-refractivity contribution in [2.45, 2.75) is 19.9 Å². The summed E-state index contributed by atoms with van der Waals surface area (Å²) in [4.78, 5) is 0. The molecule has 1 aromatic heterocycles. The highest BCUT2D eigenvalue weighted by atomic mass is 35.5. The number of hydrogen-bond donors (Lipinski definition) is 2. The van der Waals surface area contributed by atoms with Gasteiger partial charge in [0.05, 0.1) is 27.5 Å². The van der Waals surface area contributed by atoms with Crippen LogP contribution in [0.1, 0.15) is 24.5 Å². The Kier molecular flexibility index (Phi) is 3.73. The number of anilines is 2. The minimum Gasteiger partial charge on any atom is -0.464 e. The molecule has 18 heavy (non-hydrogen) atoms. The van der Waals surface area contributed by atoms with E-state index < -0.39 is 0 Å². The van der Waals surface area contributed by atoms with Crippen LogP contribution in [0.3, 0.4) is 0 Å². The van der Waals surface area contributed by atoms with Crippen LogP contribution in [0.25, 0.3) is 0 Å². The van der Waals surface area contributed by atoms with Gasteiger partial charge in [0.2, 0.25) is 0 Å². The molecular weight excluding hydrogens is 271 g/mol. The molecule has 0 fully saturated rings. The van der Waals surface area contributed by atoms with Crippen LogP contribution in [0.15, 0.2) is 28.7 Å². The summed E-state index contributed by atoms with van der Waals surface area (Å²) in [6, 6.07) is 7.20. The van der Waals surface area contributed by atoms with Crippen LogP contribution in [-0.2, 0) is 0 Å². The van der Waals surface area contributed by atoms with Gasteiger partial charge in [0.1, 0.15) is 11.5 Å². The molecule has 0 radical (unpaired) electrons. The van der Waals surface area contributed by atoms with E-state index in [9.17, 15) is 0 Å². The summed E-state index contributed by atoms with van der Waals surface area (Å²) >= 11 is 11.9. The number of benzene rings is 1. The second-order valence-electron chi connectivity index (χ2n) is 4.17. The van der Waals surface area contributed by atoms with E-state index in [-0.39, 0.29) is 6.04 Å². The molecule has 1 heterocycles. The van der Waals surface area contributed by atoms with E-state index in [0.717, 1.165) is 17.2 Å². The predicted octanol–water partition coefficient (Wildman–Crippen LogP) is 4.65. The summed E-state index contributed by atoms with van der Waals surface area (Å²) in [5.41, 5.74) is 7.18. The molecular formula is C13H14Cl2N2O. The van der Waals surface area contributed by atoms with Gasteiger partial charge in [-0.3, -0.25) is 0 Å². The van der Waals surface area contributed by atoms with Crippen LogP contribution in [0.5, 0.6) is 0 Å². The highest BCUT2D eigenvalue weighted by Crippen LogP contribution is 2.32. The van der Waals surface area contributed by atoms with Gasteiger partial charge in [-0.1, -0.05) is 23.2 Å². The zero-order valence-electron chi connectivity index (χ0n) is 10.1. The van der Waals surface area contributed by atoms with Crippen molar-refractivity contribution in [3.8, 4) is 0 Å². The fourth-order valence-corrected chi connectivity index (χ4v) is 2.01. The number of nitrogen functional groups attached to an aromatic ring is 1. The van der Waals surface area contributed by atoms with Crippen LogP contribution in [0.2, 0.25) is 10.0 Å². The summed E-state index contributed by atoms with van der Waals surface area (Å²) < 4.78 is 5.55. The number of hydrogen-bond acceptors (Lipinski definition) is 3. The number of nitrogens with two attached hydrogens (primary N) is 1. The maximum Gasteiger partial charge on any atom is 0.126 e. The lowest BCUT2D eigenvalue weighted by molar-refractivity contribution is 0.467. The fraction of sp³-hybridized carbons (Fsp3) is 0.231. The van der Waals surface area contributed by atoms with Gasteiger partial charge >= 0.3 is 0 Å². The van der Waals surface area contributed by atoms with Gasteiger partial charge in [-0.2, -0.15) is 0 Å². The zero-order chi connectivity index (χ0) is 13.3. The van der Waals surface area contributed by atoms with Crippen molar-refractivity contribution in [3.05, 3.63) is 45.8 Å². The number of aryl methyl sites for hydroxylation is 1. The molecule has 2 rings (SSSR count). The van der Waals surface area contributed by atoms with Gasteiger partial charge in [0.15, 0.2) is 0 Å². The molecule has 3 N–H and O–H groups in total. The molecule has 3 nitrogen and oxygen atoms in total. The van der Waals surface area contributed by atoms with Gasteiger partial charge in [-0.05, 0) is 38.1 Å². The van der Waals surface area contributed by atoms with Crippen molar-refractivity contribution < 1.29 is 4.42 Å². The standard InChI is InChI=1S/C13H14Cl2N2O/c1-7-3-4-13(18-7)8(2)17-12-6-10(15)9(14)5-11(12)16/h3-6,8,17H,16H2,1-2H3. The quantitative estimate of drug-likeness (QED) is 0.807. The molecule has 5 heteroatoms. The topological polar surface area (TPSA) is 51.2 Å². The van der Waals surface area contributed by atoms with Crippen molar-refractivity contribution in [1.29, 1.82) is 0 Å². The summed E-state index contributed by atoms with van der Waals surface area (Å²) in [5, 5.41) is 4.16. The van der Waals surface area contributed by atoms with Crippen LogP contribution in [-0.4, -0.2) is 0 Å². The zero-order valence-corrected chi connectivity index (χ0v) is 11.6. The van der Waals surface area contributed by atoms with Crippen LogP contribution in [0.4, 0.5) is 11.4 Å². The average Bonchev–Trinajstić information content (AvgIpc) is 2.73. The predicted molar refractivity (Wildman–Crippen MR) is 76.4 cm³/mol. The maximum atomic E-state index is 5.97. The summed E-state index contributed by atoms with van der Waals surface area (Å²) in [6.07, 6.45) is 0. The van der Waals surface area contributed by atoms with Gasteiger partial charge in [0, 0.05) is 0 Å². The van der Waals surface area contributed by atoms with E-state index in [2.05, 4.69) is 5.32 Å². The fourth-order valence-electron chi connectivity index (χ4n) is 1.68. The second-order valence-corrected chi connectivity index (χ2v) is 4.98. The first-order valence-electron chi connectivity index (χ1n) is 5.54. The highest BCUT2D eigenvalue weighted by molar-refractivity contribution is 6.42. The Morgan fingerprint density at radius 1 is 1.22 bits per heavy atom. The van der Waals surface area contributed by atoms with Gasteiger partial charge < -0.3 is 15.5 Å². The molecule has 0 aliphatic carbocycles. The molecule has 1 aromatic carbocycles. The Hall–Kier alpha value is -1.32. The molecule has 0 spiro atoms. The number of nitrogens with one attached hydrogen (secondary N) is 1. The first-order chi connectivity index (χ1) is 8.47. The smallest absolute Gasteiger partial charge is 0.126 e. The third-order valence-electron chi connectivity index (χ3n) is 2.65. The van der Waals surface area contributed by atoms with Gasteiger partial charge in [-0.25, -0.2) is 0 Å². The average molecular weight is 285 g/mol. The lowest BCUT2D eigenvalue weighted by Crippen LogP contribution is -2.07. The van der Waals surface area contributed by atoms with Gasteiger partial charge in [0.25, 0.3) is 0 Å². The Morgan fingerprint density at radius 2 is 1.89 bits per heavy atom. The van der Waals surface area contributed by atoms with E-state index in [1.165, 1.54) is 0 Å². The summed E-state index contributed by atoms with van der Waals surface area (Å²) in [7, 11) is 0. The molecule has 0 amide bonds. The third kappa shape index (κ3) is 2.74. The Balaban J connectivity index is 2.21. The van der Waals surface area contributed by atoms with E-state index >= 15 is 0 Å². The van der Waals surface area contributed by atoms with Crippen molar-refractivity contribution in [3.63, 3.8) is 0 Å². The lowest BCUT2D eigenvalue weighted by Gasteiger charge is -2.15. The van der Waals surface area contributed by atoms with E-state index in [0.29, 0.717) is 15.7 Å². The second kappa shape index (κ2) is 5.12. The van der Waals surface area contributed by atoms with Crippen LogP contribution < -0.4 is 11.1 Å². The minimum absolute atomic E-state index is 0.00163. The van der Waals surface area contributed by atoms with Gasteiger partial charge in [-0.15, -0.1) is 0 Å². The molecule has 1 atom stereocenters. The highest BCUT2D eigenvalue weighted by Gasteiger charge is 2.12. The maximum absolute atomic E-state index is 5.97. The Labute approximate surface area is 116 Å². The number of rotatable bonds is 3. The van der Waals surface area contributed by atoms with Crippen molar-refractivity contribution in [2.24, 2.45) is 0 Å². The summed E-state index contributed by atoms with van der Waals surface area (Å²) in [6.45, 7) is 3.89. The molecule has 0 aliphatic heterocycles. The number of halogens is 2. The monoisotopic (exact) mass is 284 g/mol. The normalized spacial score (nSPS) is 12.4. The first kappa shape index (κ1) is 13.1. The van der Waals surface area contributed by atoms with Crippen molar-refractivity contribution in [2.75, 3.05) is 11.1 Å². The molecule has 0 saturated carbocycles. The van der Waals surface area contributed by atoms with Crippen LogP contribution >= 0.6 is 23.2 Å². The van der Waals surface area contributed by atoms with E-state index in [4.69, 9.17) is 33.4 Å². The third-order valence-corrected chi connectivity index (χ3v) is 3.37. The minimum atomic E-state index is -0.00163. The molecule has 1 unspecified atom stereocenters. The first-order valence-corrected chi connectivity index (χ1v) is 6.30. The molecule has 0 saturated heterocycles. The molecule has 0 aliphatic rings. The molecule has 2 aromatic rings. The summed E-state index contributed by atoms with van der Waals surface area (Å²) in [5.74, 6) is 1.72. The molecule has 96 valence electrons.